The molecule has 100 valence electrons. The average molecular weight is 242 g/mol. The summed E-state index contributed by atoms with van der Waals surface area (Å²) in [6.45, 7) is 5.74. The first-order valence-electron chi connectivity index (χ1n) is 6.58. The Labute approximate surface area is 105 Å². The number of aliphatic hydroxyl groups is 1. The van der Waals surface area contributed by atoms with E-state index in [0.717, 1.165) is 12.8 Å². The number of hydrogen-bond acceptors (Lipinski definition) is 3. The Bertz CT molecular complexity index is 224. The van der Waals surface area contributed by atoms with Crippen molar-refractivity contribution in [1.29, 1.82) is 0 Å². The molecule has 0 aromatic rings. The molecule has 0 aliphatic heterocycles. The topological polar surface area (TPSA) is 46.5 Å². The number of aliphatic hydroxyl groups excluding tert-OH is 1. The van der Waals surface area contributed by atoms with Crippen molar-refractivity contribution in [1.82, 2.24) is 0 Å². The molecule has 0 aromatic heterocycles. The first-order valence-corrected chi connectivity index (χ1v) is 6.58. The predicted octanol–water partition coefficient (Wildman–Crippen LogP) is 3.22. The number of unbranched alkanes of at least 4 members (excludes halogenated alkanes) is 6. The van der Waals surface area contributed by atoms with Crippen LogP contribution in [0.2, 0.25) is 0 Å². The maximum atomic E-state index is 11.1. The minimum absolute atomic E-state index is 0.165. The van der Waals surface area contributed by atoms with Crippen molar-refractivity contribution in [3.63, 3.8) is 0 Å². The summed E-state index contributed by atoms with van der Waals surface area (Å²) in [5, 5.41) is 9.66. The molecule has 0 aliphatic rings. The Kier molecular flexibility index (Phi) is 9.83. The van der Waals surface area contributed by atoms with Crippen molar-refractivity contribution in [2.45, 2.75) is 64.4 Å². The fourth-order valence-electron chi connectivity index (χ4n) is 1.74. The third-order valence-electron chi connectivity index (χ3n) is 2.93. The van der Waals surface area contributed by atoms with Gasteiger partial charge >= 0.3 is 5.97 Å². The molecule has 0 spiro atoms. The highest BCUT2D eigenvalue weighted by Crippen LogP contribution is 2.13. The van der Waals surface area contributed by atoms with Crippen molar-refractivity contribution in [2.75, 3.05) is 7.11 Å². The summed E-state index contributed by atoms with van der Waals surface area (Å²) in [5.41, 5.74) is 0.165. The molecule has 3 nitrogen and oxygen atoms in total. The predicted molar refractivity (Wildman–Crippen MR) is 69.8 cm³/mol. The largest absolute Gasteiger partial charge is 0.466 e. The molecule has 0 saturated heterocycles. The van der Waals surface area contributed by atoms with E-state index >= 15 is 0 Å². The van der Waals surface area contributed by atoms with Crippen LogP contribution in [0.4, 0.5) is 0 Å². The fraction of sp³-hybridized carbons (Fsp3) is 0.786. The van der Waals surface area contributed by atoms with E-state index < -0.39 is 12.1 Å². The average Bonchev–Trinajstić information content (AvgIpc) is 2.35. The third kappa shape index (κ3) is 7.97. The van der Waals surface area contributed by atoms with Gasteiger partial charge in [0.15, 0.2) is 0 Å². The second-order valence-electron chi connectivity index (χ2n) is 4.44. The zero-order valence-corrected chi connectivity index (χ0v) is 11.2. The summed E-state index contributed by atoms with van der Waals surface area (Å²) in [4.78, 5) is 11.1. The highest BCUT2D eigenvalue weighted by atomic mass is 16.5. The number of esters is 1. The third-order valence-corrected chi connectivity index (χ3v) is 2.93. The number of hydrogen-bond donors (Lipinski definition) is 1. The minimum atomic E-state index is -0.752. The quantitative estimate of drug-likeness (QED) is 0.363. The van der Waals surface area contributed by atoms with Crippen molar-refractivity contribution in [2.24, 2.45) is 0 Å². The summed E-state index contributed by atoms with van der Waals surface area (Å²) >= 11 is 0. The molecule has 1 N–H and O–H groups in total. The van der Waals surface area contributed by atoms with Crippen LogP contribution in [0.1, 0.15) is 58.3 Å². The molecule has 0 fully saturated rings. The van der Waals surface area contributed by atoms with E-state index in [2.05, 4.69) is 18.2 Å². The molecule has 1 atom stereocenters. The van der Waals surface area contributed by atoms with E-state index in [1.54, 1.807) is 0 Å². The first kappa shape index (κ1) is 16.2. The number of carbonyl (C=O) groups is 1. The standard InChI is InChI=1S/C14H26O3/c1-4-5-6-7-8-9-10-11-13(15)12(2)14(16)17-3/h13,15H,2,4-11H2,1,3H3. The van der Waals surface area contributed by atoms with Crippen LogP contribution in [-0.2, 0) is 9.53 Å². The molecule has 0 bridgehead atoms. The van der Waals surface area contributed by atoms with E-state index in [-0.39, 0.29) is 5.57 Å². The van der Waals surface area contributed by atoms with Gasteiger partial charge in [-0.3, -0.25) is 0 Å². The van der Waals surface area contributed by atoms with E-state index in [9.17, 15) is 9.90 Å². The van der Waals surface area contributed by atoms with Crippen LogP contribution in [0.3, 0.4) is 0 Å². The lowest BCUT2D eigenvalue weighted by Gasteiger charge is -2.11. The first-order chi connectivity index (χ1) is 8.13. The molecule has 0 saturated carbocycles. The van der Waals surface area contributed by atoms with E-state index in [1.165, 1.54) is 39.2 Å². The lowest BCUT2D eigenvalue weighted by Crippen LogP contribution is -2.18. The van der Waals surface area contributed by atoms with E-state index in [1.807, 2.05) is 0 Å². The molecule has 1 unspecified atom stereocenters. The molecule has 3 heteroatoms. The molecule has 0 radical (unpaired) electrons. The van der Waals surface area contributed by atoms with Gasteiger partial charge in [-0.05, 0) is 6.42 Å². The molecular weight excluding hydrogens is 216 g/mol. The van der Waals surface area contributed by atoms with Gasteiger partial charge in [-0.15, -0.1) is 0 Å². The number of methoxy groups -OCH3 is 1. The van der Waals surface area contributed by atoms with Gasteiger partial charge in [0.1, 0.15) is 0 Å². The zero-order valence-electron chi connectivity index (χ0n) is 11.2. The molecule has 0 aliphatic carbocycles. The fourth-order valence-corrected chi connectivity index (χ4v) is 1.74. The zero-order chi connectivity index (χ0) is 13.1. The number of carbonyl (C=O) groups excluding carboxylic acids is 1. The van der Waals surface area contributed by atoms with Gasteiger partial charge in [-0.1, -0.05) is 58.4 Å². The molecule has 0 amide bonds. The van der Waals surface area contributed by atoms with Gasteiger partial charge in [0.25, 0.3) is 0 Å². The smallest absolute Gasteiger partial charge is 0.335 e. The summed E-state index contributed by atoms with van der Waals surface area (Å²) in [6, 6.07) is 0. The van der Waals surface area contributed by atoms with Crippen molar-refractivity contribution < 1.29 is 14.6 Å². The summed E-state index contributed by atoms with van der Waals surface area (Å²) in [7, 11) is 1.30. The minimum Gasteiger partial charge on any atom is -0.466 e. The second-order valence-corrected chi connectivity index (χ2v) is 4.44. The summed E-state index contributed by atoms with van der Waals surface area (Å²) in [5.74, 6) is -0.513. The Morgan fingerprint density at radius 1 is 1.18 bits per heavy atom. The van der Waals surface area contributed by atoms with Crippen LogP contribution in [0.25, 0.3) is 0 Å². The molecule has 0 aromatic carbocycles. The lowest BCUT2D eigenvalue weighted by molar-refractivity contribution is -0.137. The van der Waals surface area contributed by atoms with Gasteiger partial charge in [0.05, 0.1) is 18.8 Å². The number of ether oxygens (including phenoxy) is 1. The normalized spacial score (nSPS) is 12.2. The van der Waals surface area contributed by atoms with Gasteiger partial charge in [0, 0.05) is 0 Å². The van der Waals surface area contributed by atoms with Gasteiger partial charge in [-0.25, -0.2) is 4.79 Å². The molecule has 0 rings (SSSR count). The SMILES string of the molecule is C=C(C(=O)OC)C(O)CCCCCCCCC. The Hall–Kier alpha value is -0.830. The second kappa shape index (κ2) is 10.3. The lowest BCUT2D eigenvalue weighted by atomic mass is 10.0. The van der Waals surface area contributed by atoms with Crippen LogP contribution >= 0.6 is 0 Å². The van der Waals surface area contributed by atoms with E-state index in [4.69, 9.17) is 0 Å². The monoisotopic (exact) mass is 242 g/mol. The molecule has 0 heterocycles. The van der Waals surface area contributed by atoms with Crippen LogP contribution in [0.5, 0.6) is 0 Å². The summed E-state index contributed by atoms with van der Waals surface area (Å²) in [6.07, 6.45) is 8.23. The van der Waals surface area contributed by atoms with Crippen molar-refractivity contribution in [3.05, 3.63) is 12.2 Å². The van der Waals surface area contributed by atoms with Crippen LogP contribution < -0.4 is 0 Å². The van der Waals surface area contributed by atoms with E-state index in [0.29, 0.717) is 6.42 Å². The maximum Gasteiger partial charge on any atom is 0.335 e. The summed E-state index contributed by atoms with van der Waals surface area (Å²) < 4.78 is 4.51. The molecular formula is C14H26O3. The maximum absolute atomic E-state index is 11.1. The van der Waals surface area contributed by atoms with Crippen LogP contribution in [0.15, 0.2) is 12.2 Å². The van der Waals surface area contributed by atoms with Crippen molar-refractivity contribution in [3.8, 4) is 0 Å². The van der Waals surface area contributed by atoms with Gasteiger partial charge in [0.2, 0.25) is 0 Å². The van der Waals surface area contributed by atoms with Crippen molar-refractivity contribution >= 4 is 5.97 Å². The highest BCUT2D eigenvalue weighted by Gasteiger charge is 2.16. The Balaban J connectivity index is 3.48. The number of rotatable bonds is 10. The van der Waals surface area contributed by atoms with Crippen LogP contribution in [0, 0.1) is 0 Å². The Morgan fingerprint density at radius 2 is 1.71 bits per heavy atom. The van der Waals surface area contributed by atoms with Gasteiger partial charge in [-0.2, -0.15) is 0 Å². The van der Waals surface area contributed by atoms with Gasteiger partial charge < -0.3 is 9.84 Å². The van der Waals surface area contributed by atoms with Crippen LogP contribution in [-0.4, -0.2) is 24.3 Å². The Morgan fingerprint density at radius 3 is 2.24 bits per heavy atom. The molecule has 17 heavy (non-hydrogen) atoms. The highest BCUT2D eigenvalue weighted by molar-refractivity contribution is 5.88.